The van der Waals surface area contributed by atoms with E-state index >= 15 is 0 Å². The van der Waals surface area contributed by atoms with E-state index in [9.17, 15) is 9.90 Å². The third-order valence-electron chi connectivity index (χ3n) is 3.48. The molecule has 0 unspecified atom stereocenters. The summed E-state index contributed by atoms with van der Waals surface area (Å²) in [5, 5.41) is 13.8. The Morgan fingerprint density at radius 1 is 1.50 bits per heavy atom. The predicted molar refractivity (Wildman–Crippen MR) is 79.2 cm³/mol. The third kappa shape index (κ3) is 3.84. The third-order valence-corrected chi connectivity index (χ3v) is 4.32. The molecule has 1 aliphatic carbocycles. The minimum Gasteiger partial charge on any atom is -0.388 e. The molecule has 1 heterocycles. The minimum absolute atomic E-state index is 0.158. The fraction of sp³-hybridized carbons (Fsp3) is 0.615. The number of aliphatic hydroxyl groups is 1. The van der Waals surface area contributed by atoms with E-state index in [1.807, 2.05) is 6.26 Å². The first kappa shape index (κ1) is 15.5. The summed E-state index contributed by atoms with van der Waals surface area (Å²) in [7, 11) is 0. The van der Waals surface area contributed by atoms with Gasteiger partial charge in [0.15, 0.2) is 10.9 Å². The van der Waals surface area contributed by atoms with Crippen molar-refractivity contribution in [1.29, 1.82) is 0 Å². The molecule has 0 atom stereocenters. The molecule has 5 nitrogen and oxygen atoms in total. The van der Waals surface area contributed by atoms with E-state index in [1.165, 1.54) is 18.0 Å². The maximum absolute atomic E-state index is 12.1. The highest BCUT2D eigenvalue weighted by Gasteiger charge is 2.30. The van der Waals surface area contributed by atoms with Crippen molar-refractivity contribution < 1.29 is 9.90 Å². The van der Waals surface area contributed by atoms with E-state index in [-0.39, 0.29) is 23.2 Å². The van der Waals surface area contributed by atoms with Crippen molar-refractivity contribution in [2.24, 2.45) is 0 Å². The lowest BCUT2D eigenvalue weighted by molar-refractivity contribution is 0.00520. The number of nitrogens with one attached hydrogen (secondary N) is 1. The van der Waals surface area contributed by atoms with Gasteiger partial charge < -0.3 is 10.4 Å². The summed E-state index contributed by atoms with van der Waals surface area (Å²) in [5.74, 6) is -0.369. The number of carbonyl (C=O) groups excluding carboxylic acids is 1. The zero-order valence-electron chi connectivity index (χ0n) is 11.4. The largest absolute Gasteiger partial charge is 0.388 e. The summed E-state index contributed by atoms with van der Waals surface area (Å²) < 4.78 is 0. The topological polar surface area (TPSA) is 75.1 Å². The van der Waals surface area contributed by atoms with E-state index in [2.05, 4.69) is 15.3 Å². The number of rotatable bonds is 4. The Labute approximate surface area is 127 Å². The average molecular weight is 316 g/mol. The number of carbonyl (C=O) groups is 1. The van der Waals surface area contributed by atoms with Gasteiger partial charge in [-0.25, -0.2) is 9.97 Å². The van der Waals surface area contributed by atoms with Crippen molar-refractivity contribution in [2.45, 2.75) is 42.9 Å². The SMILES string of the molecule is CSc1ncc(Cl)c(C(=O)NCC2(O)CCCCC2)n1. The molecule has 2 rings (SSSR count). The van der Waals surface area contributed by atoms with Crippen LogP contribution in [0.3, 0.4) is 0 Å². The van der Waals surface area contributed by atoms with Crippen LogP contribution in [-0.4, -0.2) is 39.4 Å². The van der Waals surface area contributed by atoms with Crippen molar-refractivity contribution in [3.05, 3.63) is 16.9 Å². The van der Waals surface area contributed by atoms with Gasteiger partial charge in [0.05, 0.1) is 16.8 Å². The summed E-state index contributed by atoms with van der Waals surface area (Å²) in [4.78, 5) is 20.2. The van der Waals surface area contributed by atoms with Gasteiger partial charge in [-0.2, -0.15) is 0 Å². The van der Waals surface area contributed by atoms with Gasteiger partial charge in [0.25, 0.3) is 5.91 Å². The quantitative estimate of drug-likeness (QED) is 0.658. The van der Waals surface area contributed by atoms with Gasteiger partial charge in [-0.3, -0.25) is 4.79 Å². The predicted octanol–water partition coefficient (Wildman–Crippen LogP) is 2.28. The highest BCUT2D eigenvalue weighted by atomic mass is 35.5. The van der Waals surface area contributed by atoms with Gasteiger partial charge in [0.2, 0.25) is 0 Å². The number of amides is 1. The maximum atomic E-state index is 12.1. The number of hydrogen-bond donors (Lipinski definition) is 2. The number of thioether (sulfide) groups is 1. The molecule has 1 fully saturated rings. The second-order valence-electron chi connectivity index (χ2n) is 5.02. The molecule has 1 saturated carbocycles. The van der Waals surface area contributed by atoms with E-state index in [1.54, 1.807) is 0 Å². The van der Waals surface area contributed by atoms with E-state index in [4.69, 9.17) is 11.6 Å². The summed E-state index contributed by atoms with van der Waals surface area (Å²) in [6.07, 6.45) is 7.83. The molecule has 0 bridgehead atoms. The van der Waals surface area contributed by atoms with Crippen molar-refractivity contribution >= 4 is 29.3 Å². The Hall–Kier alpha value is -0.850. The minimum atomic E-state index is -0.796. The van der Waals surface area contributed by atoms with Crippen LogP contribution in [0.15, 0.2) is 11.4 Å². The smallest absolute Gasteiger partial charge is 0.271 e. The van der Waals surface area contributed by atoms with Crippen molar-refractivity contribution in [1.82, 2.24) is 15.3 Å². The molecule has 1 aromatic heterocycles. The Morgan fingerprint density at radius 2 is 2.20 bits per heavy atom. The summed E-state index contributed by atoms with van der Waals surface area (Å²) in [6, 6.07) is 0. The normalized spacial score (nSPS) is 17.8. The molecule has 1 aromatic rings. The van der Waals surface area contributed by atoms with Gasteiger partial charge in [-0.05, 0) is 19.1 Å². The Morgan fingerprint density at radius 3 is 2.85 bits per heavy atom. The molecule has 0 aliphatic heterocycles. The van der Waals surface area contributed by atoms with E-state index < -0.39 is 5.60 Å². The maximum Gasteiger partial charge on any atom is 0.271 e. The lowest BCUT2D eigenvalue weighted by Crippen LogP contribution is -2.44. The van der Waals surface area contributed by atoms with Crippen molar-refractivity contribution in [2.75, 3.05) is 12.8 Å². The Bertz CT molecular complexity index is 493. The standard InChI is InChI=1S/C13H18ClN3O2S/c1-20-12-15-7-9(14)10(17-12)11(18)16-8-13(19)5-3-2-4-6-13/h7,19H,2-6,8H2,1H3,(H,16,18). The fourth-order valence-corrected chi connectivity index (χ4v) is 2.84. The number of nitrogens with zero attached hydrogens (tertiary/aromatic N) is 2. The average Bonchev–Trinajstić information content (AvgIpc) is 2.46. The molecule has 0 saturated heterocycles. The molecular formula is C13H18ClN3O2S. The van der Waals surface area contributed by atoms with Crippen LogP contribution in [0.4, 0.5) is 0 Å². The van der Waals surface area contributed by atoms with E-state index in [0.29, 0.717) is 5.16 Å². The molecule has 0 spiro atoms. The Balaban J connectivity index is 2.01. The van der Waals surface area contributed by atoms with Crippen LogP contribution in [0.5, 0.6) is 0 Å². The van der Waals surface area contributed by atoms with Gasteiger partial charge in [0, 0.05) is 6.54 Å². The molecule has 110 valence electrons. The highest BCUT2D eigenvalue weighted by molar-refractivity contribution is 7.98. The van der Waals surface area contributed by atoms with E-state index in [0.717, 1.165) is 32.1 Å². The van der Waals surface area contributed by atoms with Crippen molar-refractivity contribution in [3.8, 4) is 0 Å². The summed E-state index contributed by atoms with van der Waals surface area (Å²) in [6.45, 7) is 0.237. The molecule has 1 amide bonds. The van der Waals surface area contributed by atoms with Crippen LogP contribution in [0.25, 0.3) is 0 Å². The molecule has 0 radical (unpaired) electrons. The lowest BCUT2D eigenvalue weighted by atomic mass is 9.85. The van der Waals surface area contributed by atoms with Crippen LogP contribution in [0.2, 0.25) is 5.02 Å². The monoisotopic (exact) mass is 315 g/mol. The molecule has 2 N–H and O–H groups in total. The second kappa shape index (κ2) is 6.74. The molecular weight excluding hydrogens is 298 g/mol. The molecule has 7 heteroatoms. The van der Waals surface area contributed by atoms with Crippen LogP contribution in [0.1, 0.15) is 42.6 Å². The summed E-state index contributed by atoms with van der Waals surface area (Å²) in [5.41, 5.74) is -0.638. The lowest BCUT2D eigenvalue weighted by Gasteiger charge is -2.32. The zero-order chi connectivity index (χ0) is 14.6. The number of hydrogen-bond acceptors (Lipinski definition) is 5. The van der Waals surface area contributed by atoms with Gasteiger partial charge in [0.1, 0.15) is 0 Å². The highest BCUT2D eigenvalue weighted by Crippen LogP contribution is 2.27. The number of aromatic nitrogens is 2. The van der Waals surface area contributed by atoms with Crippen LogP contribution in [-0.2, 0) is 0 Å². The first-order chi connectivity index (χ1) is 9.54. The first-order valence-corrected chi connectivity index (χ1v) is 8.21. The summed E-state index contributed by atoms with van der Waals surface area (Å²) >= 11 is 7.29. The van der Waals surface area contributed by atoms with Gasteiger partial charge in [-0.1, -0.05) is 42.6 Å². The molecule has 0 aromatic carbocycles. The Kier molecular flexibility index (Phi) is 5.23. The fourth-order valence-electron chi connectivity index (χ4n) is 2.32. The number of halogens is 1. The molecule has 20 heavy (non-hydrogen) atoms. The first-order valence-electron chi connectivity index (χ1n) is 6.61. The zero-order valence-corrected chi connectivity index (χ0v) is 12.9. The van der Waals surface area contributed by atoms with Crippen molar-refractivity contribution in [3.63, 3.8) is 0 Å². The second-order valence-corrected chi connectivity index (χ2v) is 6.20. The van der Waals surface area contributed by atoms with Gasteiger partial charge >= 0.3 is 0 Å². The molecule has 1 aliphatic rings. The van der Waals surface area contributed by atoms with Crippen LogP contribution >= 0.6 is 23.4 Å². The van der Waals surface area contributed by atoms with Crippen LogP contribution in [0, 0.1) is 0 Å². The van der Waals surface area contributed by atoms with Crippen LogP contribution < -0.4 is 5.32 Å². The van der Waals surface area contributed by atoms with Gasteiger partial charge in [-0.15, -0.1) is 0 Å².